The lowest BCUT2D eigenvalue weighted by Gasteiger charge is -2.15. The Morgan fingerprint density at radius 2 is 1.33 bits per heavy atom. The molecule has 2 aromatic rings. The fourth-order valence-corrected chi connectivity index (χ4v) is 2.14. The van der Waals surface area contributed by atoms with Crippen LogP contribution in [0.3, 0.4) is 0 Å². The van der Waals surface area contributed by atoms with Gasteiger partial charge in [0.05, 0.1) is 0 Å². The van der Waals surface area contributed by atoms with Crippen molar-refractivity contribution in [3.63, 3.8) is 0 Å². The van der Waals surface area contributed by atoms with Crippen LogP contribution in [0.2, 0.25) is 0 Å². The first-order chi connectivity index (χ1) is 11.1. The van der Waals surface area contributed by atoms with E-state index >= 15 is 0 Å². The highest BCUT2D eigenvalue weighted by Gasteiger charge is 2.33. The SMILES string of the molecule is O=[C]C=Cc1ccc(-c2nc(C(Cl)(Cl)Cl)nc(C(Cl)(Cl)Cl)n2)cc1. The predicted molar refractivity (Wildman–Crippen MR) is 98.5 cm³/mol. The van der Waals surface area contributed by atoms with Crippen molar-refractivity contribution in [3.05, 3.63) is 47.6 Å². The minimum Gasteiger partial charge on any atom is -0.286 e. The summed E-state index contributed by atoms with van der Waals surface area (Å²) in [6.07, 6.45) is 4.50. The molecule has 1 radical (unpaired) electrons. The second-order valence-corrected chi connectivity index (χ2v) is 8.94. The largest absolute Gasteiger partial charge is 0.286 e. The van der Waals surface area contributed by atoms with Crippen LogP contribution in [-0.4, -0.2) is 21.2 Å². The van der Waals surface area contributed by atoms with E-state index in [0.717, 1.165) is 5.56 Å². The average molecular weight is 445 g/mol. The van der Waals surface area contributed by atoms with Gasteiger partial charge in [0, 0.05) is 5.56 Å². The Morgan fingerprint density at radius 3 is 1.75 bits per heavy atom. The second kappa shape index (κ2) is 7.73. The number of hydrogen-bond acceptors (Lipinski definition) is 4. The van der Waals surface area contributed by atoms with E-state index in [1.165, 1.54) is 6.08 Å². The van der Waals surface area contributed by atoms with Gasteiger partial charge in [-0.3, -0.25) is 4.79 Å². The molecule has 10 heteroatoms. The van der Waals surface area contributed by atoms with E-state index in [4.69, 9.17) is 69.6 Å². The molecular formula is C14H6Cl6N3O. The van der Waals surface area contributed by atoms with E-state index < -0.39 is 7.59 Å². The smallest absolute Gasteiger partial charge is 0.250 e. The fraction of sp³-hybridized carbons (Fsp3) is 0.143. The van der Waals surface area contributed by atoms with Crippen LogP contribution < -0.4 is 0 Å². The van der Waals surface area contributed by atoms with Crippen molar-refractivity contribution in [2.24, 2.45) is 0 Å². The monoisotopic (exact) mass is 442 g/mol. The average Bonchev–Trinajstić information content (AvgIpc) is 2.51. The molecule has 1 aromatic heterocycles. The number of hydrogen-bond donors (Lipinski definition) is 0. The summed E-state index contributed by atoms with van der Waals surface area (Å²) in [4.78, 5) is 22.3. The van der Waals surface area contributed by atoms with Crippen LogP contribution in [0, 0.1) is 0 Å². The Labute approximate surface area is 167 Å². The van der Waals surface area contributed by atoms with E-state index in [0.29, 0.717) is 5.56 Å². The van der Waals surface area contributed by atoms with Gasteiger partial charge in [-0.05, 0) is 11.6 Å². The summed E-state index contributed by atoms with van der Waals surface area (Å²) in [5.41, 5.74) is 1.36. The number of alkyl halides is 6. The lowest BCUT2D eigenvalue weighted by atomic mass is 10.1. The van der Waals surface area contributed by atoms with E-state index in [9.17, 15) is 4.79 Å². The topological polar surface area (TPSA) is 55.7 Å². The van der Waals surface area contributed by atoms with Crippen molar-refractivity contribution in [3.8, 4) is 11.4 Å². The normalized spacial score (nSPS) is 12.6. The zero-order valence-corrected chi connectivity index (χ0v) is 16.0. The molecule has 1 aromatic carbocycles. The minimum absolute atomic E-state index is 0.168. The summed E-state index contributed by atoms with van der Waals surface area (Å²) in [6.45, 7) is 0. The molecule has 125 valence electrons. The van der Waals surface area contributed by atoms with Crippen LogP contribution in [-0.2, 0) is 12.4 Å². The Hall–Kier alpha value is -0.620. The third-order valence-corrected chi connectivity index (χ3v) is 3.67. The van der Waals surface area contributed by atoms with E-state index in [2.05, 4.69) is 15.0 Å². The first-order valence-electron chi connectivity index (χ1n) is 6.16. The van der Waals surface area contributed by atoms with E-state index in [1.54, 1.807) is 36.6 Å². The molecule has 0 aliphatic rings. The standard InChI is InChI=1S/C14H6Cl6N3O/c15-13(16,17)11-21-10(22-12(23-11)14(18,19)20)9-5-3-8(4-6-9)2-1-7-24/h1-6H. The molecule has 4 nitrogen and oxygen atoms in total. The Morgan fingerprint density at radius 1 is 0.833 bits per heavy atom. The van der Waals surface area contributed by atoms with Gasteiger partial charge in [0.2, 0.25) is 13.9 Å². The third kappa shape index (κ3) is 5.19. The summed E-state index contributed by atoms with van der Waals surface area (Å²) in [7, 11) is 0. The molecule has 0 amide bonds. The van der Waals surface area contributed by atoms with Gasteiger partial charge in [-0.1, -0.05) is 99.9 Å². The molecule has 0 saturated carbocycles. The molecule has 0 aliphatic heterocycles. The highest BCUT2D eigenvalue weighted by Crippen LogP contribution is 2.40. The maximum Gasteiger partial charge on any atom is 0.250 e. The predicted octanol–water partition coefficient (Wildman–Crippen LogP) is 5.31. The van der Waals surface area contributed by atoms with Crippen molar-refractivity contribution in [1.29, 1.82) is 0 Å². The second-order valence-electron chi connectivity index (χ2n) is 4.37. The van der Waals surface area contributed by atoms with Gasteiger partial charge in [-0.15, -0.1) is 0 Å². The molecule has 0 fully saturated rings. The lowest BCUT2D eigenvalue weighted by Crippen LogP contribution is -2.16. The molecule has 0 N–H and O–H groups in total. The van der Waals surface area contributed by atoms with Crippen molar-refractivity contribution >= 4 is 82.0 Å². The summed E-state index contributed by atoms with van der Waals surface area (Å²) in [5, 5.41) is 0. The van der Waals surface area contributed by atoms with Crippen molar-refractivity contribution in [2.75, 3.05) is 0 Å². The van der Waals surface area contributed by atoms with Crippen LogP contribution in [0.1, 0.15) is 17.2 Å². The highest BCUT2D eigenvalue weighted by atomic mass is 35.6. The van der Waals surface area contributed by atoms with Crippen molar-refractivity contribution in [2.45, 2.75) is 7.59 Å². The number of carbonyl (C=O) groups excluding carboxylic acids is 1. The first-order valence-corrected chi connectivity index (χ1v) is 8.43. The number of nitrogens with zero attached hydrogens (tertiary/aromatic N) is 3. The van der Waals surface area contributed by atoms with Crippen LogP contribution in [0.25, 0.3) is 17.5 Å². The van der Waals surface area contributed by atoms with Crippen molar-refractivity contribution in [1.82, 2.24) is 15.0 Å². The van der Waals surface area contributed by atoms with Gasteiger partial charge in [0.1, 0.15) is 0 Å². The zero-order chi connectivity index (χ0) is 18.0. The van der Waals surface area contributed by atoms with Gasteiger partial charge in [0.15, 0.2) is 17.5 Å². The first kappa shape index (κ1) is 19.7. The minimum atomic E-state index is -1.91. The van der Waals surface area contributed by atoms with Crippen LogP contribution in [0.5, 0.6) is 0 Å². The summed E-state index contributed by atoms with van der Waals surface area (Å²) < 4.78 is -3.82. The number of benzene rings is 1. The van der Waals surface area contributed by atoms with Gasteiger partial charge in [-0.25, -0.2) is 15.0 Å². The molecule has 0 saturated heterocycles. The molecule has 2 rings (SSSR count). The Kier molecular flexibility index (Phi) is 6.35. The molecule has 0 aliphatic carbocycles. The third-order valence-electron chi connectivity index (χ3n) is 2.66. The fourth-order valence-electron chi connectivity index (χ4n) is 1.63. The molecule has 0 bridgehead atoms. The van der Waals surface area contributed by atoms with Crippen LogP contribution in [0.15, 0.2) is 30.3 Å². The quantitative estimate of drug-likeness (QED) is 0.475. The highest BCUT2D eigenvalue weighted by molar-refractivity contribution is 6.67. The summed E-state index contributed by atoms with van der Waals surface area (Å²) >= 11 is 35.0. The van der Waals surface area contributed by atoms with Gasteiger partial charge in [-0.2, -0.15) is 0 Å². The summed E-state index contributed by atoms with van der Waals surface area (Å²) in [6, 6.07) is 6.86. The summed E-state index contributed by atoms with van der Waals surface area (Å²) in [5.74, 6) is -0.165. The lowest BCUT2D eigenvalue weighted by molar-refractivity contribution is 0.564. The number of allylic oxidation sites excluding steroid dienone is 1. The van der Waals surface area contributed by atoms with Crippen molar-refractivity contribution < 1.29 is 4.79 Å². The van der Waals surface area contributed by atoms with E-state index in [1.807, 2.05) is 0 Å². The molecule has 0 spiro atoms. The van der Waals surface area contributed by atoms with Crippen LogP contribution in [0.4, 0.5) is 0 Å². The Bertz CT molecular complexity index is 733. The number of rotatable bonds is 3. The van der Waals surface area contributed by atoms with Crippen LogP contribution >= 0.6 is 69.6 Å². The van der Waals surface area contributed by atoms with E-state index in [-0.39, 0.29) is 17.5 Å². The van der Waals surface area contributed by atoms with Gasteiger partial charge < -0.3 is 0 Å². The molecule has 0 atom stereocenters. The van der Waals surface area contributed by atoms with Gasteiger partial charge in [0.25, 0.3) is 0 Å². The molecule has 1 heterocycles. The number of aromatic nitrogens is 3. The van der Waals surface area contributed by atoms with Gasteiger partial charge >= 0.3 is 0 Å². The molecule has 0 unspecified atom stereocenters. The molecule has 24 heavy (non-hydrogen) atoms. The maximum absolute atomic E-state index is 10.2. The zero-order valence-electron chi connectivity index (χ0n) is 11.5. The molecular weight excluding hydrogens is 439 g/mol. The Balaban J connectivity index is 2.53. The maximum atomic E-state index is 10.2. The number of halogens is 6.